The van der Waals surface area contributed by atoms with Crippen LogP contribution in [0.1, 0.15) is 235 Å². The number of rotatable bonds is 42. The molecule has 0 radical (unpaired) electrons. The van der Waals surface area contributed by atoms with E-state index in [1.807, 2.05) is 0 Å². The summed E-state index contributed by atoms with van der Waals surface area (Å²) in [6.07, 6.45) is 18.1. The van der Waals surface area contributed by atoms with Crippen molar-refractivity contribution in [3.63, 3.8) is 0 Å². The van der Waals surface area contributed by atoms with Gasteiger partial charge in [0, 0.05) is 41.5 Å². The van der Waals surface area contributed by atoms with Gasteiger partial charge in [-0.3, -0.25) is 33.6 Å². The van der Waals surface area contributed by atoms with Gasteiger partial charge in [0.15, 0.2) is 30.7 Å². The SMILES string of the molecule is CCCCCCCCCCCCCCCCC(OC(C)=O)C(=O)N[C@@H](CO[C@H]1O[C@H](COC(C)=O)[C@H](OC(C)=O)[C@H](OC(C)=O)[C@H]1O)C(OC(C)=O)C(CCCCCCCCCCCCCC)OC(C)=O. The maximum atomic E-state index is 14.3. The van der Waals surface area contributed by atoms with E-state index in [1.54, 1.807) is 0 Å². The first kappa shape index (κ1) is 65.2. The Morgan fingerprint density at radius 2 is 0.901 bits per heavy atom. The minimum atomic E-state index is -1.81. The van der Waals surface area contributed by atoms with E-state index >= 15 is 0 Å². The smallest absolute Gasteiger partial charge is 0.303 e. The third-order valence-electron chi connectivity index (χ3n) is 12.6. The number of carbonyl (C=O) groups is 7. The molecule has 9 atom stereocenters. The number of ether oxygens (including phenoxy) is 8. The zero-order valence-electron chi connectivity index (χ0n) is 45.0. The minimum Gasteiger partial charge on any atom is -0.463 e. The molecule has 0 saturated carbocycles. The van der Waals surface area contributed by atoms with Gasteiger partial charge in [-0.05, 0) is 25.7 Å². The van der Waals surface area contributed by atoms with Gasteiger partial charge in [0.1, 0.15) is 24.9 Å². The molecule has 0 aromatic heterocycles. The van der Waals surface area contributed by atoms with Gasteiger partial charge in [-0.1, -0.05) is 168 Å². The normalized spacial score (nSPS) is 19.4. The summed E-state index contributed by atoms with van der Waals surface area (Å²) in [4.78, 5) is 88.5. The van der Waals surface area contributed by atoms with Crippen LogP contribution in [-0.2, 0) is 71.5 Å². The molecule has 1 rings (SSSR count). The Bertz CT molecular complexity index is 1490. The fourth-order valence-corrected chi connectivity index (χ4v) is 8.99. The van der Waals surface area contributed by atoms with Crippen molar-refractivity contribution >= 4 is 41.7 Å². The lowest BCUT2D eigenvalue weighted by Crippen LogP contribution is -2.63. The minimum absolute atomic E-state index is 0.200. The molecule has 1 amide bonds. The number of hydrogen-bond acceptors (Lipinski definition) is 16. The molecule has 17 nitrogen and oxygen atoms in total. The Morgan fingerprint density at radius 1 is 0.493 bits per heavy atom. The maximum absolute atomic E-state index is 14.3. The highest BCUT2D eigenvalue weighted by Crippen LogP contribution is 2.29. The Morgan fingerprint density at radius 3 is 1.31 bits per heavy atom. The van der Waals surface area contributed by atoms with Gasteiger partial charge in [0.25, 0.3) is 5.91 Å². The van der Waals surface area contributed by atoms with Crippen LogP contribution in [0.25, 0.3) is 0 Å². The quantitative estimate of drug-likeness (QED) is 0.0330. The van der Waals surface area contributed by atoms with Crippen LogP contribution in [0.2, 0.25) is 0 Å². The van der Waals surface area contributed by atoms with Gasteiger partial charge >= 0.3 is 35.8 Å². The summed E-state index contributed by atoms with van der Waals surface area (Å²) in [6, 6.07) is -1.32. The summed E-state index contributed by atoms with van der Waals surface area (Å²) < 4.78 is 45.3. The molecule has 1 aliphatic rings. The van der Waals surface area contributed by atoms with Crippen LogP contribution in [-0.4, -0.2) is 115 Å². The summed E-state index contributed by atoms with van der Waals surface area (Å²) in [5.74, 6) is -5.16. The molecular weight excluding hydrogens is 919 g/mol. The summed E-state index contributed by atoms with van der Waals surface area (Å²) in [5.41, 5.74) is 0. The molecule has 3 unspecified atom stereocenters. The lowest BCUT2D eigenvalue weighted by Gasteiger charge is -2.43. The number of amides is 1. The Labute approximate surface area is 425 Å². The van der Waals surface area contributed by atoms with Crippen LogP contribution in [0.5, 0.6) is 0 Å². The summed E-state index contributed by atoms with van der Waals surface area (Å²) in [6.45, 7) is 10.3. The topological polar surface area (TPSA) is 226 Å². The van der Waals surface area contributed by atoms with Gasteiger partial charge in [-0.25, -0.2) is 0 Å². The van der Waals surface area contributed by atoms with Crippen molar-refractivity contribution in [1.82, 2.24) is 5.32 Å². The van der Waals surface area contributed by atoms with Crippen LogP contribution in [0, 0.1) is 0 Å². The van der Waals surface area contributed by atoms with Crippen LogP contribution < -0.4 is 5.32 Å². The van der Waals surface area contributed by atoms with Gasteiger partial charge in [0.05, 0.1) is 12.6 Å². The van der Waals surface area contributed by atoms with Crippen LogP contribution >= 0.6 is 0 Å². The molecule has 0 aliphatic carbocycles. The third-order valence-corrected chi connectivity index (χ3v) is 12.6. The van der Waals surface area contributed by atoms with Crippen molar-refractivity contribution in [3.05, 3.63) is 0 Å². The predicted molar refractivity (Wildman–Crippen MR) is 268 cm³/mol. The standard InChI is InChI=1S/C54H95NO16/c1-9-11-13-15-17-19-21-23-24-26-28-30-32-34-36-47(67-41(5)58)53(63)55-45(37-65-54-49(62)52(70-44(8)61)51(69-43(7)60)48(71-54)38-64-39(3)56)50(68-42(6)59)46(66-40(4)57)35-33-31-29-27-25-22-20-18-16-14-12-10-2/h45-52,54,62H,9-38H2,1-8H3,(H,55,63)/t45-,46?,47?,48+,49+,50?,51-,52+,54-/m0/s1. The lowest BCUT2D eigenvalue weighted by molar-refractivity contribution is -0.307. The molecule has 412 valence electrons. The lowest BCUT2D eigenvalue weighted by atomic mass is 9.97. The molecule has 17 heteroatoms. The fourth-order valence-electron chi connectivity index (χ4n) is 8.99. The van der Waals surface area contributed by atoms with E-state index in [9.17, 15) is 38.7 Å². The van der Waals surface area contributed by atoms with Crippen LogP contribution in [0.15, 0.2) is 0 Å². The highest BCUT2D eigenvalue weighted by atomic mass is 16.7. The van der Waals surface area contributed by atoms with E-state index in [1.165, 1.54) is 124 Å². The van der Waals surface area contributed by atoms with E-state index in [4.69, 9.17) is 37.9 Å². The molecular formula is C54H95NO16. The maximum Gasteiger partial charge on any atom is 0.303 e. The fraction of sp³-hybridized carbons (Fsp3) is 0.870. The first-order valence-electron chi connectivity index (χ1n) is 27.2. The summed E-state index contributed by atoms with van der Waals surface area (Å²) in [5, 5.41) is 14.4. The van der Waals surface area contributed by atoms with Crippen molar-refractivity contribution in [3.8, 4) is 0 Å². The van der Waals surface area contributed by atoms with Gasteiger partial charge in [-0.15, -0.1) is 0 Å². The van der Waals surface area contributed by atoms with Gasteiger partial charge in [0.2, 0.25) is 0 Å². The number of hydrogen-bond donors (Lipinski definition) is 2. The van der Waals surface area contributed by atoms with E-state index < -0.39 is 110 Å². The zero-order chi connectivity index (χ0) is 52.8. The molecule has 0 aromatic rings. The second-order valence-corrected chi connectivity index (χ2v) is 19.3. The molecule has 0 bridgehead atoms. The summed E-state index contributed by atoms with van der Waals surface area (Å²) in [7, 11) is 0. The van der Waals surface area contributed by atoms with Crippen LogP contribution in [0.3, 0.4) is 0 Å². The second kappa shape index (κ2) is 40.6. The van der Waals surface area contributed by atoms with Gasteiger partial charge in [-0.2, -0.15) is 0 Å². The number of nitrogens with one attached hydrogen (secondary N) is 1. The Balaban J connectivity index is 3.35. The molecule has 0 spiro atoms. The molecule has 1 aliphatic heterocycles. The number of unbranched alkanes of at least 4 members (excludes halogenated alkanes) is 24. The highest BCUT2D eigenvalue weighted by Gasteiger charge is 2.51. The first-order valence-corrected chi connectivity index (χ1v) is 27.2. The second-order valence-electron chi connectivity index (χ2n) is 19.3. The molecule has 1 fully saturated rings. The molecule has 1 saturated heterocycles. The van der Waals surface area contributed by atoms with Crippen molar-refractivity contribution < 1.29 is 76.6 Å². The van der Waals surface area contributed by atoms with Crippen LogP contribution in [0.4, 0.5) is 0 Å². The Hall–Kier alpha value is -3.83. The summed E-state index contributed by atoms with van der Waals surface area (Å²) >= 11 is 0. The average Bonchev–Trinajstić information content (AvgIpc) is 3.29. The largest absolute Gasteiger partial charge is 0.463 e. The highest BCUT2D eigenvalue weighted by molar-refractivity contribution is 5.83. The van der Waals surface area contributed by atoms with Crippen molar-refractivity contribution in [1.29, 1.82) is 0 Å². The first-order chi connectivity index (χ1) is 34.0. The van der Waals surface area contributed by atoms with E-state index in [-0.39, 0.29) is 12.8 Å². The van der Waals surface area contributed by atoms with Crippen molar-refractivity contribution in [2.75, 3.05) is 13.2 Å². The molecule has 71 heavy (non-hydrogen) atoms. The molecule has 1 heterocycles. The zero-order valence-corrected chi connectivity index (χ0v) is 45.0. The van der Waals surface area contributed by atoms with E-state index in [2.05, 4.69) is 19.2 Å². The van der Waals surface area contributed by atoms with E-state index in [0.717, 1.165) is 72.1 Å². The number of aliphatic hydroxyl groups is 1. The number of esters is 6. The van der Waals surface area contributed by atoms with Crippen molar-refractivity contribution in [2.24, 2.45) is 0 Å². The Kier molecular flexibility index (Phi) is 37.3. The van der Waals surface area contributed by atoms with E-state index in [0.29, 0.717) is 12.8 Å². The number of carbonyl (C=O) groups excluding carboxylic acids is 7. The molecule has 2 N–H and O–H groups in total. The van der Waals surface area contributed by atoms with Crippen molar-refractivity contribution in [2.45, 2.75) is 290 Å². The monoisotopic (exact) mass is 1010 g/mol. The molecule has 0 aromatic carbocycles. The predicted octanol–water partition coefficient (Wildman–Crippen LogP) is 9.76. The third kappa shape index (κ3) is 32.1. The average molecular weight is 1010 g/mol. The van der Waals surface area contributed by atoms with Gasteiger partial charge < -0.3 is 48.3 Å². The number of aliphatic hydroxyl groups excluding tert-OH is 1.